The number of alkyl carbamates (subject to hydrolysis) is 1. The fourth-order valence-corrected chi connectivity index (χ4v) is 1.98. The number of benzene rings is 1. The van der Waals surface area contributed by atoms with Crippen LogP contribution in [0.1, 0.15) is 26.3 Å². The molecule has 0 bridgehead atoms. The molecule has 118 valence electrons. The monoisotopic (exact) mass is 314 g/mol. The molecule has 1 aromatic rings. The minimum Gasteiger partial charge on any atom is -0.496 e. The molecular weight excluding hydrogens is 292 g/mol. The topological polar surface area (TPSA) is 73.6 Å². The third-order valence-corrected chi connectivity index (χ3v) is 2.96. The van der Waals surface area contributed by atoms with Crippen molar-refractivity contribution in [2.75, 3.05) is 13.7 Å². The quantitative estimate of drug-likeness (QED) is 0.876. The van der Waals surface area contributed by atoms with Crippen LogP contribution in [0.3, 0.4) is 0 Å². The van der Waals surface area contributed by atoms with Crippen LogP contribution >= 0.6 is 11.6 Å². The minimum absolute atomic E-state index is 0.241. The number of halogens is 1. The van der Waals surface area contributed by atoms with E-state index < -0.39 is 11.7 Å². The van der Waals surface area contributed by atoms with Crippen molar-refractivity contribution in [2.45, 2.75) is 38.8 Å². The van der Waals surface area contributed by atoms with E-state index in [1.54, 1.807) is 19.2 Å². The molecule has 0 aliphatic rings. The molecule has 6 heteroatoms. The Morgan fingerprint density at radius 2 is 2.10 bits per heavy atom. The third kappa shape index (κ3) is 6.23. The zero-order valence-electron chi connectivity index (χ0n) is 12.9. The normalized spacial score (nSPS) is 12.7. The smallest absolute Gasteiger partial charge is 0.407 e. The highest BCUT2D eigenvalue weighted by Crippen LogP contribution is 2.24. The van der Waals surface area contributed by atoms with E-state index in [1.807, 2.05) is 26.8 Å². The SMILES string of the molecule is COc1cc(Cl)ccc1CC(CN)NC(=O)OC(C)(C)C. The number of hydrogen-bond donors (Lipinski definition) is 2. The first-order valence-corrected chi connectivity index (χ1v) is 7.15. The summed E-state index contributed by atoms with van der Waals surface area (Å²) in [6.07, 6.45) is 0.0571. The Morgan fingerprint density at radius 1 is 1.43 bits per heavy atom. The molecule has 0 heterocycles. The van der Waals surface area contributed by atoms with Crippen LogP contribution in [0.25, 0.3) is 0 Å². The Hall–Kier alpha value is -1.46. The molecule has 1 amide bonds. The predicted molar refractivity (Wildman–Crippen MR) is 83.9 cm³/mol. The summed E-state index contributed by atoms with van der Waals surface area (Å²) in [7, 11) is 1.58. The summed E-state index contributed by atoms with van der Waals surface area (Å²) < 4.78 is 10.5. The Labute approximate surface area is 130 Å². The molecule has 0 saturated carbocycles. The van der Waals surface area contributed by atoms with Gasteiger partial charge in [0, 0.05) is 17.6 Å². The lowest BCUT2D eigenvalue weighted by atomic mass is 10.0. The summed E-state index contributed by atoms with van der Waals surface area (Å²) in [5, 5.41) is 3.36. The molecule has 0 fully saturated rings. The Kier molecular flexibility index (Phi) is 6.30. The van der Waals surface area contributed by atoms with E-state index >= 15 is 0 Å². The lowest BCUT2D eigenvalue weighted by Gasteiger charge is -2.23. The summed E-state index contributed by atoms with van der Waals surface area (Å²) >= 11 is 5.93. The maximum Gasteiger partial charge on any atom is 0.407 e. The van der Waals surface area contributed by atoms with E-state index in [9.17, 15) is 4.79 Å². The van der Waals surface area contributed by atoms with Gasteiger partial charge in [-0.2, -0.15) is 0 Å². The molecular formula is C15H23ClN2O3. The Balaban J connectivity index is 2.72. The van der Waals surface area contributed by atoms with E-state index in [1.165, 1.54) is 0 Å². The summed E-state index contributed by atoms with van der Waals surface area (Å²) in [6, 6.07) is 5.13. The van der Waals surface area contributed by atoms with Gasteiger partial charge >= 0.3 is 6.09 Å². The predicted octanol–water partition coefficient (Wildman–Crippen LogP) is 2.74. The van der Waals surface area contributed by atoms with Crippen LogP contribution in [0.5, 0.6) is 5.75 Å². The van der Waals surface area contributed by atoms with Gasteiger partial charge in [-0.05, 0) is 44.9 Å². The fraction of sp³-hybridized carbons (Fsp3) is 0.533. The molecule has 3 N–H and O–H groups in total. The summed E-state index contributed by atoms with van der Waals surface area (Å²) in [5.74, 6) is 0.673. The van der Waals surface area contributed by atoms with E-state index in [0.29, 0.717) is 23.7 Å². The van der Waals surface area contributed by atoms with Crippen LogP contribution in [0.4, 0.5) is 4.79 Å². The van der Waals surface area contributed by atoms with Crippen molar-refractivity contribution in [3.63, 3.8) is 0 Å². The van der Waals surface area contributed by atoms with Crippen molar-refractivity contribution < 1.29 is 14.3 Å². The minimum atomic E-state index is -0.540. The largest absolute Gasteiger partial charge is 0.496 e. The van der Waals surface area contributed by atoms with Gasteiger partial charge in [0.15, 0.2) is 0 Å². The molecule has 5 nitrogen and oxygen atoms in total. The number of nitrogens with two attached hydrogens (primary N) is 1. The third-order valence-electron chi connectivity index (χ3n) is 2.72. The Morgan fingerprint density at radius 3 is 2.62 bits per heavy atom. The number of rotatable bonds is 5. The molecule has 1 aromatic carbocycles. The number of ether oxygens (including phenoxy) is 2. The van der Waals surface area contributed by atoms with Crippen molar-refractivity contribution in [1.82, 2.24) is 5.32 Å². The molecule has 1 atom stereocenters. The zero-order valence-corrected chi connectivity index (χ0v) is 13.7. The molecule has 1 rings (SSSR count). The molecule has 1 unspecified atom stereocenters. The molecule has 0 aliphatic carbocycles. The van der Waals surface area contributed by atoms with Crippen molar-refractivity contribution in [1.29, 1.82) is 0 Å². The summed E-state index contributed by atoms with van der Waals surface area (Å²) in [6.45, 7) is 5.73. The first-order chi connectivity index (χ1) is 9.75. The van der Waals surface area contributed by atoms with Gasteiger partial charge in [-0.15, -0.1) is 0 Å². The van der Waals surface area contributed by atoms with E-state index in [-0.39, 0.29) is 6.04 Å². The fourth-order valence-electron chi connectivity index (χ4n) is 1.82. The maximum atomic E-state index is 11.8. The van der Waals surface area contributed by atoms with Crippen molar-refractivity contribution in [3.05, 3.63) is 28.8 Å². The second-order valence-electron chi connectivity index (χ2n) is 5.74. The van der Waals surface area contributed by atoms with Gasteiger partial charge in [-0.1, -0.05) is 17.7 Å². The number of carbonyl (C=O) groups is 1. The summed E-state index contributed by atoms with van der Waals surface area (Å²) in [5.41, 5.74) is 6.10. The van der Waals surface area contributed by atoms with Crippen LogP contribution in [-0.4, -0.2) is 31.4 Å². The highest BCUT2D eigenvalue weighted by atomic mass is 35.5. The van der Waals surface area contributed by atoms with Crippen molar-refractivity contribution in [3.8, 4) is 5.75 Å². The van der Waals surface area contributed by atoms with Gasteiger partial charge in [0.05, 0.1) is 7.11 Å². The molecule has 0 radical (unpaired) electrons. The molecule has 0 aromatic heterocycles. The number of hydrogen-bond acceptors (Lipinski definition) is 4. The van der Waals surface area contributed by atoms with Crippen LogP contribution in [0.15, 0.2) is 18.2 Å². The highest BCUT2D eigenvalue weighted by Gasteiger charge is 2.20. The number of amides is 1. The van der Waals surface area contributed by atoms with Crippen molar-refractivity contribution in [2.24, 2.45) is 5.73 Å². The molecule has 0 saturated heterocycles. The van der Waals surface area contributed by atoms with Crippen LogP contribution in [-0.2, 0) is 11.2 Å². The van der Waals surface area contributed by atoms with Crippen LogP contribution in [0, 0.1) is 0 Å². The highest BCUT2D eigenvalue weighted by molar-refractivity contribution is 6.30. The van der Waals surface area contributed by atoms with Gasteiger partial charge in [-0.25, -0.2) is 4.79 Å². The average molecular weight is 315 g/mol. The maximum absolute atomic E-state index is 11.8. The van der Waals surface area contributed by atoms with Gasteiger partial charge in [0.2, 0.25) is 0 Å². The second kappa shape index (κ2) is 7.52. The first kappa shape index (κ1) is 17.6. The van der Waals surface area contributed by atoms with E-state index in [2.05, 4.69) is 5.32 Å². The van der Waals surface area contributed by atoms with Crippen LogP contribution in [0.2, 0.25) is 5.02 Å². The summed E-state index contributed by atoms with van der Waals surface area (Å²) in [4.78, 5) is 11.8. The number of carbonyl (C=O) groups excluding carboxylic acids is 1. The lowest BCUT2D eigenvalue weighted by molar-refractivity contribution is 0.0505. The van der Waals surface area contributed by atoms with Gasteiger partial charge in [-0.3, -0.25) is 0 Å². The van der Waals surface area contributed by atoms with E-state index in [0.717, 1.165) is 5.56 Å². The number of nitrogens with one attached hydrogen (secondary N) is 1. The standard InChI is InChI=1S/C15H23ClN2O3/c1-15(2,3)21-14(19)18-12(9-17)7-10-5-6-11(16)8-13(10)20-4/h5-6,8,12H,7,9,17H2,1-4H3,(H,18,19). The van der Waals surface area contributed by atoms with Crippen molar-refractivity contribution >= 4 is 17.7 Å². The molecule has 21 heavy (non-hydrogen) atoms. The van der Waals surface area contributed by atoms with Gasteiger partial charge in [0.25, 0.3) is 0 Å². The number of methoxy groups -OCH3 is 1. The van der Waals surface area contributed by atoms with Crippen LogP contribution < -0.4 is 15.8 Å². The second-order valence-corrected chi connectivity index (χ2v) is 6.18. The first-order valence-electron chi connectivity index (χ1n) is 6.77. The van der Waals surface area contributed by atoms with Gasteiger partial charge in [0.1, 0.15) is 11.4 Å². The average Bonchev–Trinajstić information content (AvgIpc) is 2.37. The Bertz CT molecular complexity index is 486. The molecule has 0 spiro atoms. The lowest BCUT2D eigenvalue weighted by Crippen LogP contribution is -2.44. The van der Waals surface area contributed by atoms with Gasteiger partial charge < -0.3 is 20.5 Å². The zero-order chi connectivity index (χ0) is 16.0. The van der Waals surface area contributed by atoms with E-state index in [4.69, 9.17) is 26.8 Å². The molecule has 0 aliphatic heterocycles.